The summed E-state index contributed by atoms with van der Waals surface area (Å²) in [5, 5.41) is 18.9. The molecule has 3 unspecified atom stereocenters. The predicted molar refractivity (Wildman–Crippen MR) is 53.0 cm³/mol. The predicted octanol–water partition coefficient (Wildman–Crippen LogP) is -9.31. The Balaban J connectivity index is 0. The van der Waals surface area contributed by atoms with Gasteiger partial charge in [0.25, 0.3) is 0 Å². The van der Waals surface area contributed by atoms with Crippen molar-refractivity contribution in [2.45, 2.75) is 31.0 Å². The first-order valence-electron chi connectivity index (χ1n) is 4.66. The van der Waals surface area contributed by atoms with Crippen molar-refractivity contribution in [1.82, 2.24) is 4.72 Å². The van der Waals surface area contributed by atoms with E-state index < -0.39 is 52.8 Å². The van der Waals surface area contributed by atoms with Gasteiger partial charge in [-0.1, -0.05) is 0 Å². The van der Waals surface area contributed by atoms with Gasteiger partial charge in [-0.3, -0.25) is 8.39 Å². The number of ether oxygens (including phenoxy) is 1. The number of aliphatic hydroxyl groups excluding tert-OH is 2. The minimum Gasteiger partial charge on any atom is -0.760 e. The monoisotopic (exact) mass is 351 g/mol. The maximum absolute atomic E-state index is 10.4. The van der Waals surface area contributed by atoms with E-state index in [0.717, 1.165) is 0 Å². The standard InChI is InChI=1S/C6H13NO9S2.2Na/c8-4-1-3(2-15-18(12,13)14)16-6(9)5(4)7-17(10)11;;/h3-9H,1-2H2,(H,10,11)(H,12,13,14);;/q;2*+1/p-2/t3?,4-,5?,6-;;/m1../s1. The van der Waals surface area contributed by atoms with Crippen LogP contribution in [0.1, 0.15) is 6.42 Å². The van der Waals surface area contributed by atoms with Crippen molar-refractivity contribution in [3.63, 3.8) is 0 Å². The molecule has 1 fully saturated rings. The molecule has 0 amide bonds. The molecular weight excluding hydrogens is 340 g/mol. The van der Waals surface area contributed by atoms with E-state index in [9.17, 15) is 31.9 Å². The van der Waals surface area contributed by atoms with Crippen LogP contribution >= 0.6 is 0 Å². The molecule has 0 aliphatic carbocycles. The SMILES string of the molecule is O=S([O-])NC1[C@H](O)CC(COS(=O)(=O)[O-])O[C@H]1O.[Na+].[Na+]. The summed E-state index contributed by atoms with van der Waals surface area (Å²) >= 11 is -2.71. The molecule has 20 heavy (non-hydrogen) atoms. The second-order valence-electron chi connectivity index (χ2n) is 3.52. The molecule has 5 atom stereocenters. The van der Waals surface area contributed by atoms with Crippen molar-refractivity contribution < 1.29 is 100.0 Å². The molecular formula is C6H11NNa2O9S2. The quantitative estimate of drug-likeness (QED) is 0.188. The Morgan fingerprint density at radius 3 is 2.35 bits per heavy atom. The molecule has 108 valence electrons. The van der Waals surface area contributed by atoms with Crippen LogP contribution in [0.2, 0.25) is 0 Å². The zero-order chi connectivity index (χ0) is 13.9. The number of aliphatic hydroxyl groups is 2. The molecule has 0 bridgehead atoms. The fraction of sp³-hybridized carbons (Fsp3) is 1.00. The minimum atomic E-state index is -4.90. The topological polar surface area (TPSA) is 168 Å². The largest absolute Gasteiger partial charge is 1.00 e. The third-order valence-corrected chi connectivity index (χ3v) is 3.08. The van der Waals surface area contributed by atoms with E-state index in [0.29, 0.717) is 0 Å². The van der Waals surface area contributed by atoms with Gasteiger partial charge in [0, 0.05) is 17.7 Å². The van der Waals surface area contributed by atoms with Gasteiger partial charge < -0.3 is 24.1 Å². The van der Waals surface area contributed by atoms with Crippen LogP contribution in [0, 0.1) is 0 Å². The van der Waals surface area contributed by atoms with E-state index >= 15 is 0 Å². The second-order valence-corrected chi connectivity index (χ2v) is 5.28. The molecule has 0 aromatic rings. The molecule has 1 rings (SSSR count). The summed E-state index contributed by atoms with van der Waals surface area (Å²) in [6, 6.07) is -1.27. The van der Waals surface area contributed by atoms with Crippen molar-refractivity contribution in [1.29, 1.82) is 0 Å². The summed E-state index contributed by atoms with van der Waals surface area (Å²) in [5.41, 5.74) is 0. The fourth-order valence-corrected chi connectivity index (χ4v) is 2.27. The van der Waals surface area contributed by atoms with Gasteiger partial charge in [-0.05, 0) is 0 Å². The number of hydrogen-bond donors (Lipinski definition) is 3. The first-order chi connectivity index (χ1) is 8.19. The molecule has 1 heterocycles. The van der Waals surface area contributed by atoms with Crippen LogP contribution in [0.3, 0.4) is 0 Å². The molecule has 10 nitrogen and oxygen atoms in total. The van der Waals surface area contributed by atoms with Gasteiger partial charge in [0.15, 0.2) is 6.29 Å². The van der Waals surface area contributed by atoms with E-state index in [-0.39, 0.29) is 65.5 Å². The van der Waals surface area contributed by atoms with E-state index in [1.807, 2.05) is 4.72 Å². The van der Waals surface area contributed by atoms with Crippen LogP contribution in [-0.2, 0) is 30.6 Å². The second kappa shape index (κ2) is 10.6. The number of rotatable bonds is 5. The minimum absolute atomic E-state index is 0. The molecule has 1 aliphatic heterocycles. The Morgan fingerprint density at radius 1 is 1.40 bits per heavy atom. The van der Waals surface area contributed by atoms with Gasteiger partial charge in [-0.15, -0.1) is 0 Å². The summed E-state index contributed by atoms with van der Waals surface area (Å²) in [6.07, 6.45) is -4.25. The zero-order valence-electron chi connectivity index (χ0n) is 10.8. The summed E-state index contributed by atoms with van der Waals surface area (Å²) in [7, 11) is -4.90. The zero-order valence-corrected chi connectivity index (χ0v) is 16.4. The van der Waals surface area contributed by atoms with Gasteiger partial charge >= 0.3 is 59.1 Å². The summed E-state index contributed by atoms with van der Waals surface area (Å²) in [4.78, 5) is 0. The van der Waals surface area contributed by atoms with E-state index in [4.69, 9.17) is 4.74 Å². The maximum atomic E-state index is 10.4. The Bertz CT molecular complexity index is 395. The molecule has 1 saturated heterocycles. The average molecular weight is 351 g/mol. The third-order valence-electron chi connectivity index (χ3n) is 2.19. The number of hydrogen-bond acceptors (Lipinski definition) is 9. The molecule has 1 aliphatic rings. The van der Waals surface area contributed by atoms with Gasteiger partial charge in [-0.2, -0.15) is 0 Å². The first-order valence-corrected chi connectivity index (χ1v) is 7.07. The molecule has 14 heteroatoms. The van der Waals surface area contributed by atoms with Crippen molar-refractivity contribution >= 4 is 21.7 Å². The Labute approximate surface area is 162 Å². The molecule has 0 spiro atoms. The van der Waals surface area contributed by atoms with Crippen molar-refractivity contribution in [3.8, 4) is 0 Å². The van der Waals surface area contributed by atoms with Gasteiger partial charge in [0.2, 0.25) is 10.4 Å². The molecule has 0 radical (unpaired) electrons. The smallest absolute Gasteiger partial charge is 0.760 e. The van der Waals surface area contributed by atoms with Crippen LogP contribution in [0.25, 0.3) is 0 Å². The maximum Gasteiger partial charge on any atom is 1.00 e. The third kappa shape index (κ3) is 9.07. The van der Waals surface area contributed by atoms with Crippen LogP contribution in [0.5, 0.6) is 0 Å². The van der Waals surface area contributed by atoms with E-state index in [1.54, 1.807) is 0 Å². The normalized spacial score (nSPS) is 31.8. The summed E-state index contributed by atoms with van der Waals surface area (Å²) < 4.78 is 61.9. The van der Waals surface area contributed by atoms with Crippen molar-refractivity contribution in [3.05, 3.63) is 0 Å². The van der Waals surface area contributed by atoms with E-state index in [2.05, 4.69) is 4.18 Å². The van der Waals surface area contributed by atoms with E-state index in [1.165, 1.54) is 0 Å². The average Bonchev–Trinajstić information content (AvgIpc) is 2.19. The first kappa shape index (κ1) is 24.1. The van der Waals surface area contributed by atoms with Crippen molar-refractivity contribution in [2.75, 3.05) is 6.61 Å². The van der Waals surface area contributed by atoms with Gasteiger partial charge in [0.1, 0.15) is 0 Å². The van der Waals surface area contributed by atoms with Gasteiger partial charge in [0.05, 0.1) is 24.9 Å². The van der Waals surface area contributed by atoms with Crippen LogP contribution in [0.4, 0.5) is 0 Å². The van der Waals surface area contributed by atoms with Crippen LogP contribution in [0.15, 0.2) is 0 Å². The Kier molecular flexibility index (Phi) is 12.7. The Hall–Kier alpha value is 1.82. The summed E-state index contributed by atoms with van der Waals surface area (Å²) in [6.45, 7) is -0.673. The van der Waals surface area contributed by atoms with Gasteiger partial charge in [-0.25, -0.2) is 13.1 Å². The van der Waals surface area contributed by atoms with Crippen molar-refractivity contribution in [2.24, 2.45) is 0 Å². The Morgan fingerprint density at radius 2 is 1.95 bits per heavy atom. The molecule has 0 saturated carbocycles. The van der Waals surface area contributed by atoms with Crippen LogP contribution in [-0.4, -0.2) is 63.1 Å². The molecule has 0 aromatic carbocycles. The molecule has 3 N–H and O–H groups in total. The summed E-state index contributed by atoms with van der Waals surface area (Å²) in [5.74, 6) is 0. The fourth-order valence-electron chi connectivity index (χ4n) is 1.46. The number of nitrogens with one attached hydrogen (secondary N) is 1. The molecule has 0 aromatic heterocycles. The van der Waals surface area contributed by atoms with Crippen LogP contribution < -0.4 is 63.8 Å².